The van der Waals surface area contributed by atoms with E-state index >= 15 is 0 Å². The molecule has 0 saturated carbocycles. The number of carbonyl (C=O) groups excluding carboxylic acids is 3. The number of rotatable bonds is 13. The molecule has 2 aromatic carbocycles. The topological polar surface area (TPSA) is 90.4 Å². The van der Waals surface area contributed by atoms with Crippen molar-refractivity contribution < 1.29 is 24.2 Å². The molecule has 1 spiro atoms. The number of aliphatic hydroxyl groups is 1. The van der Waals surface area contributed by atoms with Crippen molar-refractivity contribution in [3.8, 4) is 0 Å². The van der Waals surface area contributed by atoms with Crippen LogP contribution < -0.4 is 4.90 Å². The van der Waals surface area contributed by atoms with Crippen LogP contribution in [0.15, 0.2) is 86.0 Å². The fraction of sp³-hybridized carbons (Fsp3) is 0.457. The Morgan fingerprint density at radius 3 is 2.26 bits per heavy atom. The van der Waals surface area contributed by atoms with E-state index in [9.17, 15) is 19.5 Å². The lowest BCUT2D eigenvalue weighted by atomic mass is 9.64. The Labute approximate surface area is 254 Å². The first-order chi connectivity index (χ1) is 20.8. The molecule has 6 atom stereocenters. The third-order valence-corrected chi connectivity index (χ3v) is 9.72. The summed E-state index contributed by atoms with van der Waals surface area (Å²) < 4.78 is 6.98. The van der Waals surface area contributed by atoms with Gasteiger partial charge in [-0.25, -0.2) is 0 Å². The summed E-state index contributed by atoms with van der Waals surface area (Å²) in [6, 6.07) is 17.5. The molecular formula is C35H43N3O5. The highest BCUT2D eigenvalue weighted by Crippen LogP contribution is 2.65. The predicted octanol–water partition coefficient (Wildman–Crippen LogP) is 4.35. The number of benzene rings is 2. The number of ether oxygens (including phenoxy) is 1. The second kappa shape index (κ2) is 12.5. The quantitative estimate of drug-likeness (QED) is 0.353. The number of hydrogen-bond acceptors (Lipinski definition) is 5. The predicted molar refractivity (Wildman–Crippen MR) is 166 cm³/mol. The lowest BCUT2D eigenvalue weighted by molar-refractivity contribution is -0.156. The average Bonchev–Trinajstić information content (AvgIpc) is 3.64. The minimum atomic E-state index is -1.18. The molecule has 0 aliphatic carbocycles. The van der Waals surface area contributed by atoms with Gasteiger partial charge in [0.1, 0.15) is 11.6 Å². The van der Waals surface area contributed by atoms with Crippen molar-refractivity contribution in [3.05, 3.63) is 91.5 Å². The van der Waals surface area contributed by atoms with Gasteiger partial charge < -0.3 is 24.5 Å². The summed E-state index contributed by atoms with van der Waals surface area (Å²) in [4.78, 5) is 48.9. The van der Waals surface area contributed by atoms with Gasteiger partial charge in [-0.2, -0.15) is 0 Å². The smallest absolute Gasteiger partial charge is 0.249 e. The van der Waals surface area contributed by atoms with Gasteiger partial charge in [0.15, 0.2) is 0 Å². The molecule has 0 radical (unpaired) electrons. The molecule has 43 heavy (non-hydrogen) atoms. The second-order valence-corrected chi connectivity index (χ2v) is 11.9. The molecule has 3 aliphatic heterocycles. The van der Waals surface area contributed by atoms with Crippen molar-refractivity contribution >= 4 is 23.4 Å². The van der Waals surface area contributed by atoms with Crippen LogP contribution in [0.1, 0.15) is 45.1 Å². The first-order valence-electron chi connectivity index (χ1n) is 15.4. The van der Waals surface area contributed by atoms with E-state index in [2.05, 4.69) is 13.2 Å². The van der Waals surface area contributed by atoms with Crippen LogP contribution >= 0.6 is 0 Å². The number of nitrogens with zero attached hydrogens (tertiary/aromatic N) is 3. The van der Waals surface area contributed by atoms with Gasteiger partial charge in [-0.15, -0.1) is 13.2 Å². The zero-order valence-corrected chi connectivity index (χ0v) is 25.2. The first kappa shape index (κ1) is 30.7. The molecule has 5 rings (SSSR count). The average molecular weight is 586 g/mol. The van der Waals surface area contributed by atoms with Crippen LogP contribution in [0.4, 0.5) is 5.69 Å². The van der Waals surface area contributed by atoms with Crippen LogP contribution in [-0.4, -0.2) is 75.6 Å². The van der Waals surface area contributed by atoms with Gasteiger partial charge in [-0.3, -0.25) is 14.4 Å². The van der Waals surface area contributed by atoms with Gasteiger partial charge in [0, 0.05) is 25.3 Å². The summed E-state index contributed by atoms with van der Waals surface area (Å²) in [5.41, 5.74) is -0.388. The Balaban J connectivity index is 1.61. The normalized spacial score (nSPS) is 27.9. The zero-order valence-electron chi connectivity index (χ0n) is 25.2. The van der Waals surface area contributed by atoms with E-state index in [0.717, 1.165) is 5.56 Å². The van der Waals surface area contributed by atoms with Crippen LogP contribution in [0, 0.1) is 11.8 Å². The van der Waals surface area contributed by atoms with E-state index in [4.69, 9.17) is 4.74 Å². The number of hydrogen-bond donors (Lipinski definition) is 1. The molecule has 2 bridgehead atoms. The number of carbonyl (C=O) groups is 3. The maximum Gasteiger partial charge on any atom is 0.249 e. The van der Waals surface area contributed by atoms with Crippen LogP contribution in [0.25, 0.3) is 0 Å². The minimum Gasteiger partial charge on any atom is -0.394 e. The monoisotopic (exact) mass is 585 g/mol. The standard InChI is InChI=1S/C35H43N3O5/c1-5-21-36(23-25-15-11-9-12-16-25)33(42)30-35-20-19-34(8-4,43-35)28(29(35)32(41)38(30)26(7-3)24-39)31(40)37(22-6-2)27-17-13-10-14-18-27/h5-6,9-18,26,28-30,39H,1-2,7-8,19-24H2,3-4H3/t26-,28-,29-,30?,34+,35?/m0/s1. The molecule has 8 nitrogen and oxygen atoms in total. The molecule has 3 heterocycles. The fourth-order valence-electron chi connectivity index (χ4n) is 7.71. The Morgan fingerprint density at radius 2 is 1.67 bits per heavy atom. The zero-order chi connectivity index (χ0) is 30.8. The van der Waals surface area contributed by atoms with Gasteiger partial charge in [0.25, 0.3) is 0 Å². The highest BCUT2D eigenvalue weighted by Gasteiger charge is 2.79. The number of aliphatic hydroxyl groups excluding tert-OH is 1. The van der Waals surface area contributed by atoms with E-state index < -0.39 is 35.1 Å². The highest BCUT2D eigenvalue weighted by atomic mass is 16.5. The Hall–Kier alpha value is -3.75. The van der Waals surface area contributed by atoms with E-state index in [1.165, 1.54) is 0 Å². The second-order valence-electron chi connectivity index (χ2n) is 11.9. The van der Waals surface area contributed by atoms with Crippen LogP contribution in [0.5, 0.6) is 0 Å². The maximum absolute atomic E-state index is 14.7. The third kappa shape index (κ3) is 5.00. The summed E-state index contributed by atoms with van der Waals surface area (Å²) in [7, 11) is 0. The van der Waals surface area contributed by atoms with Crippen molar-refractivity contribution in [2.45, 2.75) is 69.4 Å². The summed E-state index contributed by atoms with van der Waals surface area (Å²) in [6.45, 7) is 12.2. The number of amides is 3. The van der Waals surface area contributed by atoms with Gasteiger partial charge in [-0.1, -0.05) is 74.5 Å². The largest absolute Gasteiger partial charge is 0.394 e. The third-order valence-electron chi connectivity index (χ3n) is 9.72. The first-order valence-corrected chi connectivity index (χ1v) is 15.4. The molecular weight excluding hydrogens is 542 g/mol. The molecule has 2 aromatic rings. The Bertz CT molecular complexity index is 1350. The minimum absolute atomic E-state index is 0.204. The summed E-state index contributed by atoms with van der Waals surface area (Å²) in [5.74, 6) is -2.38. The highest BCUT2D eigenvalue weighted by molar-refractivity contribution is 6.03. The van der Waals surface area contributed by atoms with E-state index in [-0.39, 0.29) is 37.4 Å². The fourth-order valence-corrected chi connectivity index (χ4v) is 7.71. The Morgan fingerprint density at radius 1 is 1.02 bits per heavy atom. The van der Waals surface area contributed by atoms with Crippen molar-refractivity contribution in [1.29, 1.82) is 0 Å². The number of anilines is 1. The molecule has 3 amide bonds. The van der Waals surface area contributed by atoms with Crippen molar-refractivity contribution in [2.24, 2.45) is 11.8 Å². The molecule has 3 fully saturated rings. The lowest BCUT2D eigenvalue weighted by Gasteiger charge is -2.39. The summed E-state index contributed by atoms with van der Waals surface area (Å²) >= 11 is 0. The molecule has 2 unspecified atom stereocenters. The number of likely N-dealkylation sites (tertiary alicyclic amines) is 1. The van der Waals surface area contributed by atoms with E-state index in [1.54, 1.807) is 26.9 Å². The SMILES string of the molecule is C=CCN(Cc1ccccc1)C(=O)C1N([C@@H](CC)CO)C(=O)[C@@H]2[C@@H](C(=O)N(CC=C)c3ccccc3)[C@@]3(CC)CCC12O3. The summed E-state index contributed by atoms with van der Waals surface area (Å²) in [6.07, 6.45) is 5.39. The van der Waals surface area contributed by atoms with Gasteiger partial charge in [0.05, 0.1) is 30.1 Å². The molecule has 228 valence electrons. The van der Waals surface area contributed by atoms with Gasteiger partial charge in [0.2, 0.25) is 17.7 Å². The lowest BCUT2D eigenvalue weighted by Crippen LogP contribution is -2.58. The van der Waals surface area contributed by atoms with Crippen LogP contribution in [0.2, 0.25) is 0 Å². The number of fused-ring (bicyclic) bond motifs is 1. The summed E-state index contributed by atoms with van der Waals surface area (Å²) in [5, 5.41) is 10.4. The molecule has 0 aromatic heterocycles. The molecule has 3 saturated heterocycles. The molecule has 8 heteroatoms. The van der Waals surface area contributed by atoms with Gasteiger partial charge in [-0.05, 0) is 43.4 Å². The van der Waals surface area contributed by atoms with E-state index in [1.807, 2.05) is 74.5 Å². The van der Waals surface area contributed by atoms with Gasteiger partial charge >= 0.3 is 0 Å². The van der Waals surface area contributed by atoms with Crippen molar-refractivity contribution in [1.82, 2.24) is 9.80 Å². The van der Waals surface area contributed by atoms with Crippen LogP contribution in [0.3, 0.4) is 0 Å². The Kier molecular flexibility index (Phi) is 8.90. The van der Waals surface area contributed by atoms with Crippen molar-refractivity contribution in [3.63, 3.8) is 0 Å². The molecule has 1 N–H and O–H groups in total. The molecule has 3 aliphatic rings. The van der Waals surface area contributed by atoms with Crippen molar-refractivity contribution in [2.75, 3.05) is 24.6 Å². The van der Waals surface area contributed by atoms with E-state index in [0.29, 0.717) is 37.9 Å². The maximum atomic E-state index is 14.7. The number of para-hydroxylation sites is 1. The van der Waals surface area contributed by atoms with Crippen LogP contribution in [-0.2, 0) is 25.7 Å².